The lowest BCUT2D eigenvalue weighted by Gasteiger charge is -2.35. The third-order valence-electron chi connectivity index (χ3n) is 3.75. The van der Waals surface area contributed by atoms with Crippen LogP contribution in [0.25, 0.3) is 0 Å². The van der Waals surface area contributed by atoms with Gasteiger partial charge in [-0.05, 0) is 38.3 Å². The van der Waals surface area contributed by atoms with E-state index < -0.39 is 0 Å². The van der Waals surface area contributed by atoms with Gasteiger partial charge in [0.2, 0.25) is 0 Å². The van der Waals surface area contributed by atoms with Crippen LogP contribution in [0.2, 0.25) is 0 Å². The zero-order chi connectivity index (χ0) is 14.3. The molecule has 1 aromatic carbocycles. The van der Waals surface area contributed by atoms with Crippen LogP contribution in [0.4, 0.5) is 10.8 Å². The fraction of sp³-hybridized carbons (Fsp3) is 0.333. The maximum Gasteiger partial charge on any atom is 0.270 e. The van der Waals surface area contributed by atoms with Crippen molar-refractivity contribution in [3.63, 3.8) is 0 Å². The van der Waals surface area contributed by atoms with E-state index in [1.165, 1.54) is 16.9 Å². The van der Waals surface area contributed by atoms with Crippen molar-refractivity contribution in [1.82, 2.24) is 4.98 Å². The van der Waals surface area contributed by atoms with Crippen LogP contribution in [0, 0.1) is 6.92 Å². The van der Waals surface area contributed by atoms with Crippen molar-refractivity contribution in [1.29, 1.82) is 0 Å². The van der Waals surface area contributed by atoms with E-state index in [1.54, 1.807) is 0 Å². The molecule has 5 heteroatoms. The number of fused-ring (bicyclic) bond motifs is 1. The van der Waals surface area contributed by atoms with E-state index in [4.69, 9.17) is 5.73 Å². The highest BCUT2D eigenvalue weighted by molar-refractivity contribution is 7.17. The van der Waals surface area contributed by atoms with Gasteiger partial charge < -0.3 is 10.6 Å². The van der Waals surface area contributed by atoms with Gasteiger partial charge in [0.05, 0.1) is 5.69 Å². The number of carbonyl (C=O) groups excluding carboxylic acids is 1. The summed E-state index contributed by atoms with van der Waals surface area (Å²) in [4.78, 5) is 19.5. The third kappa shape index (κ3) is 2.08. The number of thiazole rings is 1. The van der Waals surface area contributed by atoms with Gasteiger partial charge >= 0.3 is 0 Å². The molecule has 0 saturated heterocycles. The van der Waals surface area contributed by atoms with Crippen LogP contribution in [0.15, 0.2) is 24.3 Å². The number of rotatable bonds is 1. The Labute approximate surface area is 122 Å². The SMILES string of the molecule is Cc1nc(N)sc1C(=O)N1c2ccccc2CCC1C. The standard InChI is InChI=1S/C15H17N3OS/c1-9-7-8-11-5-3-4-6-12(11)18(9)14(19)13-10(2)17-15(16)20-13/h3-6,9H,7-8H2,1-2H3,(H2,16,17). The summed E-state index contributed by atoms with van der Waals surface area (Å²) in [5, 5.41) is 0.448. The minimum Gasteiger partial charge on any atom is -0.375 e. The monoisotopic (exact) mass is 287 g/mol. The van der Waals surface area contributed by atoms with Crippen LogP contribution in [0.1, 0.15) is 34.3 Å². The van der Waals surface area contributed by atoms with Gasteiger partial charge in [-0.3, -0.25) is 4.79 Å². The number of nitrogens with two attached hydrogens (primary N) is 1. The van der Waals surface area contributed by atoms with Crippen LogP contribution < -0.4 is 10.6 Å². The molecule has 2 N–H and O–H groups in total. The molecule has 1 aromatic heterocycles. The topological polar surface area (TPSA) is 59.2 Å². The molecule has 0 aliphatic carbocycles. The lowest BCUT2D eigenvalue weighted by atomic mass is 9.96. The maximum absolute atomic E-state index is 12.8. The molecule has 104 valence electrons. The van der Waals surface area contributed by atoms with Crippen molar-refractivity contribution in [2.75, 3.05) is 10.6 Å². The molecule has 1 aliphatic rings. The first-order valence-electron chi connectivity index (χ1n) is 6.72. The second-order valence-electron chi connectivity index (χ2n) is 5.16. The Balaban J connectivity index is 2.05. The van der Waals surface area contributed by atoms with Crippen molar-refractivity contribution in [3.05, 3.63) is 40.4 Å². The summed E-state index contributed by atoms with van der Waals surface area (Å²) in [5.74, 6) is 0.0105. The largest absolute Gasteiger partial charge is 0.375 e. The number of aryl methyl sites for hydroxylation is 2. The molecule has 2 heterocycles. The third-order valence-corrected chi connectivity index (χ3v) is 4.72. The minimum absolute atomic E-state index is 0.0105. The molecular weight excluding hydrogens is 270 g/mol. The van der Waals surface area contributed by atoms with Gasteiger partial charge in [-0.1, -0.05) is 29.5 Å². The maximum atomic E-state index is 12.8. The highest BCUT2D eigenvalue weighted by atomic mass is 32.1. The van der Waals surface area contributed by atoms with Gasteiger partial charge in [-0.25, -0.2) is 4.98 Å². The van der Waals surface area contributed by atoms with Crippen LogP contribution in [-0.4, -0.2) is 16.9 Å². The van der Waals surface area contributed by atoms with E-state index in [2.05, 4.69) is 18.0 Å². The molecule has 2 aromatic rings. The van der Waals surface area contributed by atoms with E-state index in [9.17, 15) is 4.79 Å². The summed E-state index contributed by atoms with van der Waals surface area (Å²) in [6.45, 7) is 3.92. The van der Waals surface area contributed by atoms with Crippen molar-refractivity contribution >= 4 is 28.1 Å². The van der Waals surface area contributed by atoms with E-state index in [0.717, 1.165) is 18.5 Å². The Morgan fingerprint density at radius 2 is 2.20 bits per heavy atom. The quantitative estimate of drug-likeness (QED) is 0.877. The van der Waals surface area contributed by atoms with E-state index in [0.29, 0.717) is 15.7 Å². The first kappa shape index (κ1) is 13.1. The normalized spacial score (nSPS) is 17.9. The summed E-state index contributed by atoms with van der Waals surface area (Å²) < 4.78 is 0. The van der Waals surface area contributed by atoms with Gasteiger partial charge in [0.25, 0.3) is 5.91 Å². The molecule has 0 bridgehead atoms. The Bertz CT molecular complexity index is 665. The number of benzene rings is 1. The molecule has 1 unspecified atom stereocenters. The van der Waals surface area contributed by atoms with Crippen molar-refractivity contribution < 1.29 is 4.79 Å². The molecule has 0 fully saturated rings. The second-order valence-corrected chi connectivity index (χ2v) is 6.19. The highest BCUT2D eigenvalue weighted by Crippen LogP contribution is 2.33. The molecule has 1 atom stereocenters. The summed E-state index contributed by atoms with van der Waals surface area (Å²) in [6, 6.07) is 8.30. The lowest BCUT2D eigenvalue weighted by molar-refractivity contribution is 0.0978. The Morgan fingerprint density at radius 1 is 1.45 bits per heavy atom. The molecule has 1 amide bonds. The Hall–Kier alpha value is -1.88. The van der Waals surface area contributed by atoms with Crippen molar-refractivity contribution in [3.8, 4) is 0 Å². The number of anilines is 2. The molecule has 0 saturated carbocycles. The first-order chi connectivity index (χ1) is 9.58. The number of nitrogen functional groups attached to an aromatic ring is 1. The smallest absolute Gasteiger partial charge is 0.270 e. The van der Waals surface area contributed by atoms with Gasteiger partial charge in [0.1, 0.15) is 4.88 Å². The zero-order valence-electron chi connectivity index (χ0n) is 11.6. The number of carbonyl (C=O) groups is 1. The van der Waals surface area contributed by atoms with Crippen LogP contribution in [0.3, 0.4) is 0 Å². The number of para-hydroxylation sites is 1. The van der Waals surface area contributed by atoms with Crippen LogP contribution >= 0.6 is 11.3 Å². The Morgan fingerprint density at radius 3 is 2.90 bits per heavy atom. The zero-order valence-corrected chi connectivity index (χ0v) is 12.4. The molecule has 0 spiro atoms. The van der Waals surface area contributed by atoms with Gasteiger partial charge in [0.15, 0.2) is 5.13 Å². The van der Waals surface area contributed by atoms with E-state index in [-0.39, 0.29) is 11.9 Å². The van der Waals surface area contributed by atoms with E-state index in [1.807, 2.05) is 30.0 Å². The average molecular weight is 287 g/mol. The first-order valence-corrected chi connectivity index (χ1v) is 7.54. The molecule has 0 radical (unpaired) electrons. The summed E-state index contributed by atoms with van der Waals surface area (Å²) in [5.41, 5.74) is 8.68. The number of hydrogen-bond acceptors (Lipinski definition) is 4. The number of aromatic nitrogens is 1. The van der Waals surface area contributed by atoms with Crippen LogP contribution in [0.5, 0.6) is 0 Å². The fourth-order valence-electron chi connectivity index (χ4n) is 2.72. The lowest BCUT2D eigenvalue weighted by Crippen LogP contribution is -2.42. The second kappa shape index (κ2) is 4.90. The highest BCUT2D eigenvalue weighted by Gasteiger charge is 2.30. The van der Waals surface area contributed by atoms with Crippen LogP contribution in [-0.2, 0) is 6.42 Å². The average Bonchev–Trinajstić information content (AvgIpc) is 2.77. The molecular formula is C15H17N3OS. The van der Waals surface area contributed by atoms with Crippen molar-refractivity contribution in [2.45, 2.75) is 32.7 Å². The number of nitrogens with zero attached hydrogens (tertiary/aromatic N) is 2. The molecule has 3 rings (SSSR count). The number of amides is 1. The Kier molecular flexibility index (Phi) is 3.22. The van der Waals surface area contributed by atoms with Crippen molar-refractivity contribution in [2.24, 2.45) is 0 Å². The predicted octanol–water partition coefficient (Wildman–Crippen LogP) is 3.02. The molecule has 1 aliphatic heterocycles. The molecule has 4 nitrogen and oxygen atoms in total. The number of hydrogen-bond donors (Lipinski definition) is 1. The summed E-state index contributed by atoms with van der Waals surface area (Å²) in [7, 11) is 0. The van der Waals surface area contributed by atoms with Gasteiger partial charge in [-0.15, -0.1) is 0 Å². The molecule has 20 heavy (non-hydrogen) atoms. The minimum atomic E-state index is 0.0105. The predicted molar refractivity (Wildman–Crippen MR) is 82.3 cm³/mol. The fourth-order valence-corrected chi connectivity index (χ4v) is 3.49. The van der Waals surface area contributed by atoms with Gasteiger partial charge in [-0.2, -0.15) is 0 Å². The van der Waals surface area contributed by atoms with E-state index >= 15 is 0 Å². The summed E-state index contributed by atoms with van der Waals surface area (Å²) >= 11 is 1.27. The summed E-state index contributed by atoms with van der Waals surface area (Å²) in [6.07, 6.45) is 2.00. The van der Waals surface area contributed by atoms with Gasteiger partial charge in [0, 0.05) is 11.7 Å².